The van der Waals surface area contributed by atoms with Crippen molar-refractivity contribution in [3.8, 4) is 0 Å². The topological polar surface area (TPSA) is 190 Å². The van der Waals surface area contributed by atoms with E-state index in [0.717, 1.165) is 0 Å². The van der Waals surface area contributed by atoms with Crippen LogP contribution in [0.3, 0.4) is 0 Å². The number of aliphatic carboxylic acids is 1. The van der Waals surface area contributed by atoms with Crippen molar-refractivity contribution in [2.75, 3.05) is 6.61 Å². The molecule has 99 valence electrons. The number of aliphatic hydroxyl groups excluding tert-OH is 6. The number of hydrogen-bond donors (Lipinski definition) is 7. The number of carboxylic acids is 1. The smallest absolute Gasteiger partial charge is 0.335 e. The van der Waals surface area contributed by atoms with Crippen LogP contribution in [-0.4, -0.2) is 114 Å². The van der Waals surface area contributed by atoms with Crippen molar-refractivity contribution >= 4 is 35.5 Å². The third kappa shape index (κ3) is 6.62. The average Bonchev–Trinajstić information content (AvgIpc) is 2.23. The van der Waals surface area contributed by atoms with Crippen LogP contribution in [0.1, 0.15) is 0 Å². The van der Waals surface area contributed by atoms with E-state index in [4.69, 9.17) is 35.7 Å². The number of hydrogen-bond acceptors (Lipinski definition) is 7. The Labute approximate surface area is 119 Å². The molecule has 0 aromatic heterocycles. The average molecular weight is 267 g/mol. The molecule has 0 aliphatic carbocycles. The Balaban J connectivity index is -0.000000980. The van der Waals surface area contributed by atoms with Gasteiger partial charge in [-0.25, -0.2) is 4.79 Å². The van der Waals surface area contributed by atoms with Gasteiger partial charge >= 0.3 is 5.97 Å². The van der Waals surface area contributed by atoms with Gasteiger partial charge in [-0.15, -0.1) is 0 Å². The van der Waals surface area contributed by atoms with Gasteiger partial charge in [0.25, 0.3) is 0 Å². The van der Waals surface area contributed by atoms with Crippen LogP contribution in [0, 0.1) is 0 Å². The first-order valence-electron chi connectivity index (χ1n) is 4.07. The minimum absolute atomic E-state index is 0. The quantitative estimate of drug-likeness (QED) is 0.232. The molecule has 0 saturated carbocycles. The SMILES string of the molecule is O.O=C(O)[C@H](O)[C@H](O)[C@@H](O)[C@H](O)[C@H](O)CO.[Na]. The molecule has 0 fully saturated rings. The van der Waals surface area contributed by atoms with Crippen LogP contribution >= 0.6 is 0 Å². The number of carboxylic acid groups (broad SMARTS) is 1. The van der Waals surface area contributed by atoms with Crippen molar-refractivity contribution in [1.29, 1.82) is 0 Å². The molecule has 0 spiro atoms. The third-order valence-electron chi connectivity index (χ3n) is 1.86. The second kappa shape index (κ2) is 10.1. The minimum atomic E-state index is -2.29. The Hall–Kier alpha value is 0.190. The molecule has 0 heterocycles. The van der Waals surface area contributed by atoms with Crippen LogP contribution in [0.25, 0.3) is 0 Å². The Morgan fingerprint density at radius 1 is 0.941 bits per heavy atom. The molecule has 0 aliphatic rings. The van der Waals surface area contributed by atoms with Crippen LogP contribution in [-0.2, 0) is 4.79 Å². The molecule has 9 nitrogen and oxygen atoms in total. The van der Waals surface area contributed by atoms with E-state index in [2.05, 4.69) is 0 Å². The largest absolute Gasteiger partial charge is 0.479 e. The van der Waals surface area contributed by atoms with Crippen molar-refractivity contribution in [3.05, 3.63) is 0 Å². The molecule has 0 rings (SSSR count). The first-order chi connectivity index (χ1) is 6.82. The molecule has 1 radical (unpaired) electrons. The standard InChI is InChI=1S/C7H14O8.Na.H2O/c8-1-2(9)3(10)4(11)5(12)6(13)7(14)15;;/h2-6,8-13H,1H2,(H,14,15);;1H2/t2-,3-,4+,5-,6-;;/m1../s1. The van der Waals surface area contributed by atoms with Crippen molar-refractivity contribution in [2.24, 2.45) is 0 Å². The summed E-state index contributed by atoms with van der Waals surface area (Å²) in [6, 6.07) is 0. The number of aliphatic hydroxyl groups is 6. The van der Waals surface area contributed by atoms with E-state index in [0.29, 0.717) is 0 Å². The van der Waals surface area contributed by atoms with Crippen LogP contribution < -0.4 is 0 Å². The zero-order valence-electron chi connectivity index (χ0n) is 9.13. The number of rotatable bonds is 6. The predicted octanol–water partition coefficient (Wildman–Crippen LogP) is -5.34. The molecule has 0 aromatic rings. The minimum Gasteiger partial charge on any atom is -0.479 e. The molecule has 0 aliphatic heterocycles. The molecule has 9 N–H and O–H groups in total. The van der Waals surface area contributed by atoms with Gasteiger partial charge < -0.3 is 41.2 Å². The summed E-state index contributed by atoms with van der Waals surface area (Å²) >= 11 is 0. The van der Waals surface area contributed by atoms with Gasteiger partial charge in [0.05, 0.1) is 6.61 Å². The summed E-state index contributed by atoms with van der Waals surface area (Å²) in [7, 11) is 0. The summed E-state index contributed by atoms with van der Waals surface area (Å²) in [5.41, 5.74) is 0. The van der Waals surface area contributed by atoms with Crippen LogP contribution in [0.2, 0.25) is 0 Å². The van der Waals surface area contributed by atoms with Gasteiger partial charge in [0.1, 0.15) is 24.4 Å². The molecule has 17 heavy (non-hydrogen) atoms. The molecular formula is C7H16NaO9. The maximum absolute atomic E-state index is 10.2. The van der Waals surface area contributed by atoms with Gasteiger partial charge in [-0.2, -0.15) is 0 Å². The van der Waals surface area contributed by atoms with Crippen LogP contribution in [0.15, 0.2) is 0 Å². The molecule has 10 heteroatoms. The summed E-state index contributed by atoms with van der Waals surface area (Å²) in [4.78, 5) is 10.2. The number of carbonyl (C=O) groups is 1. The van der Waals surface area contributed by atoms with Crippen LogP contribution in [0.4, 0.5) is 0 Å². The first-order valence-corrected chi connectivity index (χ1v) is 4.07. The first kappa shape index (κ1) is 22.4. The fourth-order valence-corrected chi connectivity index (χ4v) is 0.870. The van der Waals surface area contributed by atoms with E-state index >= 15 is 0 Å². The van der Waals surface area contributed by atoms with Gasteiger partial charge in [-0.3, -0.25) is 0 Å². The van der Waals surface area contributed by atoms with Gasteiger partial charge in [-0.05, 0) is 0 Å². The molecule has 0 amide bonds. The summed E-state index contributed by atoms with van der Waals surface area (Å²) in [6.07, 6.45) is -10.2. The van der Waals surface area contributed by atoms with Crippen LogP contribution in [0.5, 0.6) is 0 Å². The molecule has 0 aromatic carbocycles. The zero-order chi connectivity index (χ0) is 12.2. The summed E-state index contributed by atoms with van der Waals surface area (Å²) in [5, 5.41) is 61.5. The summed E-state index contributed by atoms with van der Waals surface area (Å²) < 4.78 is 0. The monoisotopic (exact) mass is 267 g/mol. The molecule has 0 bridgehead atoms. The fourth-order valence-electron chi connectivity index (χ4n) is 0.870. The van der Waals surface area contributed by atoms with Crippen molar-refractivity contribution in [1.82, 2.24) is 0 Å². The summed E-state index contributed by atoms with van der Waals surface area (Å²) in [5.74, 6) is -1.78. The molecular weight excluding hydrogens is 251 g/mol. The predicted molar refractivity (Wildman–Crippen MR) is 54.1 cm³/mol. The maximum atomic E-state index is 10.2. The van der Waals surface area contributed by atoms with E-state index in [1.807, 2.05) is 0 Å². The molecule has 0 unspecified atom stereocenters. The van der Waals surface area contributed by atoms with E-state index in [1.54, 1.807) is 0 Å². The van der Waals surface area contributed by atoms with Gasteiger partial charge in [0.15, 0.2) is 6.10 Å². The van der Waals surface area contributed by atoms with Crippen molar-refractivity contribution < 1.29 is 46.0 Å². The molecule has 5 atom stereocenters. The van der Waals surface area contributed by atoms with Gasteiger partial charge in [0, 0.05) is 29.6 Å². The van der Waals surface area contributed by atoms with E-state index in [9.17, 15) is 4.79 Å². The normalized spacial score (nSPS) is 18.9. The second-order valence-electron chi connectivity index (χ2n) is 3.00. The van der Waals surface area contributed by atoms with Crippen molar-refractivity contribution in [2.45, 2.75) is 30.5 Å². The molecule has 0 saturated heterocycles. The second-order valence-corrected chi connectivity index (χ2v) is 3.00. The fraction of sp³-hybridized carbons (Fsp3) is 0.857. The Morgan fingerprint density at radius 2 is 1.35 bits per heavy atom. The Bertz CT molecular complexity index is 214. The van der Waals surface area contributed by atoms with Crippen molar-refractivity contribution in [3.63, 3.8) is 0 Å². The summed E-state index contributed by atoms with van der Waals surface area (Å²) in [6.45, 7) is -0.881. The third-order valence-corrected chi connectivity index (χ3v) is 1.86. The zero-order valence-corrected chi connectivity index (χ0v) is 11.1. The maximum Gasteiger partial charge on any atom is 0.335 e. The van der Waals surface area contributed by atoms with E-state index < -0.39 is 43.1 Å². The Morgan fingerprint density at radius 3 is 1.65 bits per heavy atom. The van der Waals surface area contributed by atoms with E-state index in [1.165, 1.54) is 0 Å². The van der Waals surface area contributed by atoms with E-state index in [-0.39, 0.29) is 35.0 Å². The Kier molecular flexibility index (Phi) is 13.4. The van der Waals surface area contributed by atoms with Gasteiger partial charge in [-0.1, -0.05) is 0 Å². The van der Waals surface area contributed by atoms with Gasteiger partial charge in [0.2, 0.25) is 0 Å².